The highest BCUT2D eigenvalue weighted by Crippen LogP contribution is 2.64. The Hall–Kier alpha value is -3.89. The summed E-state index contributed by atoms with van der Waals surface area (Å²) in [5.41, 5.74) is -0.462. The van der Waals surface area contributed by atoms with Crippen molar-refractivity contribution in [2.24, 2.45) is 17.3 Å². The highest BCUT2D eigenvalue weighted by Gasteiger charge is 2.78. The van der Waals surface area contributed by atoms with Gasteiger partial charge in [0, 0.05) is 51.4 Å². The lowest BCUT2D eigenvalue weighted by atomic mass is 9.62. The maximum Gasteiger partial charge on any atom is 0.327 e. The molecule has 2 bridgehead atoms. The second-order valence-electron chi connectivity index (χ2n) is 18.1. The zero-order chi connectivity index (χ0) is 40.4. The highest BCUT2D eigenvalue weighted by molar-refractivity contribution is 5.97. The van der Waals surface area contributed by atoms with Gasteiger partial charge in [0.15, 0.2) is 11.8 Å². The third-order valence-electron chi connectivity index (χ3n) is 12.6. The highest BCUT2D eigenvalue weighted by atomic mass is 16.8. The summed E-state index contributed by atoms with van der Waals surface area (Å²) in [4.78, 5) is 78.0. The molecular formula is C42H56N4O11. The van der Waals surface area contributed by atoms with Crippen LogP contribution in [0.5, 0.6) is 0 Å². The fourth-order valence-electron chi connectivity index (χ4n) is 9.62. The molecule has 0 radical (unpaired) electrons. The summed E-state index contributed by atoms with van der Waals surface area (Å²) in [6, 6.07) is 4.83. The van der Waals surface area contributed by atoms with Gasteiger partial charge in [0.1, 0.15) is 41.5 Å². The van der Waals surface area contributed by atoms with Crippen LogP contribution in [-0.2, 0) is 54.3 Å². The van der Waals surface area contributed by atoms with Crippen LogP contribution in [0.4, 0.5) is 0 Å². The van der Waals surface area contributed by atoms with Crippen LogP contribution >= 0.6 is 0 Å². The molecule has 1 aromatic carbocycles. The number of hydroxylamine groups is 2. The van der Waals surface area contributed by atoms with Gasteiger partial charge < -0.3 is 39.2 Å². The first kappa shape index (κ1) is 39.9. The number of likely N-dealkylation sites (N-methyl/N-ethyl adjacent to an activating group) is 1. The van der Waals surface area contributed by atoms with Gasteiger partial charge in [-0.2, -0.15) is 5.06 Å². The van der Waals surface area contributed by atoms with E-state index in [1.807, 2.05) is 24.3 Å². The lowest BCUT2D eigenvalue weighted by Crippen LogP contribution is -2.70. The van der Waals surface area contributed by atoms with Crippen LogP contribution < -0.4 is 5.32 Å². The zero-order valence-electron chi connectivity index (χ0n) is 33.5. The topological polar surface area (TPSA) is 173 Å². The fourth-order valence-corrected chi connectivity index (χ4v) is 9.62. The van der Waals surface area contributed by atoms with E-state index in [0.29, 0.717) is 19.4 Å². The standard InChI is InChI=1S/C42H56N4O11/c1-40(2,3)54-32(49)19-17-28(23-47)43-37(50)29-7-6-20-45(29)39(52)41-21-30-33-34(56-42(55-33,26-13-14-26)27-15-16-27)36(41)57-46(35(41)38(51)53-30)22-25-10-8-24(9-11-25)12-18-31(48)44(4)5/h8-12,18,26-30,33-36,47H,6-7,13-17,19-23H2,1-5H3,(H,43,50). The Bertz CT molecular complexity index is 1770. The average Bonchev–Trinajstić information content (AvgIpc) is 4.08. The Balaban J connectivity index is 1.06. The summed E-state index contributed by atoms with van der Waals surface area (Å²) >= 11 is 0. The molecule has 310 valence electrons. The van der Waals surface area contributed by atoms with Gasteiger partial charge in [0.05, 0.1) is 19.2 Å². The van der Waals surface area contributed by atoms with Crippen LogP contribution in [0, 0.1) is 17.3 Å². The molecule has 0 aromatic heterocycles. The molecule has 8 rings (SSSR count). The maximum atomic E-state index is 15.4. The summed E-state index contributed by atoms with van der Waals surface area (Å²) in [5.74, 6) is -2.29. The van der Waals surface area contributed by atoms with Crippen LogP contribution in [0.25, 0.3) is 6.08 Å². The van der Waals surface area contributed by atoms with E-state index in [2.05, 4.69) is 5.32 Å². The third-order valence-corrected chi connectivity index (χ3v) is 12.6. The van der Waals surface area contributed by atoms with E-state index in [9.17, 15) is 24.3 Å². The Morgan fingerprint density at radius 1 is 1.04 bits per heavy atom. The van der Waals surface area contributed by atoms with E-state index in [4.69, 9.17) is 23.8 Å². The molecule has 3 amide bonds. The largest absolute Gasteiger partial charge is 0.460 e. The van der Waals surface area contributed by atoms with Gasteiger partial charge in [0.2, 0.25) is 17.7 Å². The summed E-state index contributed by atoms with van der Waals surface area (Å²) in [6.07, 6.45) is 5.53. The molecule has 4 heterocycles. The molecule has 1 aromatic rings. The van der Waals surface area contributed by atoms with Gasteiger partial charge in [0.25, 0.3) is 0 Å². The van der Waals surface area contributed by atoms with E-state index in [1.165, 1.54) is 11.0 Å². The van der Waals surface area contributed by atoms with Crippen molar-refractivity contribution in [3.05, 3.63) is 41.5 Å². The van der Waals surface area contributed by atoms with E-state index in [1.54, 1.807) is 50.9 Å². The molecule has 8 atom stereocenters. The number of rotatable bonds is 13. The number of ether oxygens (including phenoxy) is 4. The Morgan fingerprint density at radius 3 is 2.35 bits per heavy atom. The van der Waals surface area contributed by atoms with Gasteiger partial charge in [-0.25, -0.2) is 0 Å². The zero-order valence-corrected chi connectivity index (χ0v) is 33.5. The van der Waals surface area contributed by atoms with Crippen LogP contribution in [-0.4, -0.2) is 131 Å². The number of aliphatic hydroxyl groups is 1. The number of hydrogen-bond acceptors (Lipinski definition) is 12. The number of esters is 2. The van der Waals surface area contributed by atoms with Crippen molar-refractivity contribution in [2.45, 2.75) is 139 Å². The van der Waals surface area contributed by atoms with E-state index in [-0.39, 0.29) is 49.5 Å². The lowest BCUT2D eigenvalue weighted by Gasteiger charge is -2.50. The van der Waals surface area contributed by atoms with Gasteiger partial charge in [-0.3, -0.25) is 28.8 Å². The van der Waals surface area contributed by atoms with Gasteiger partial charge >= 0.3 is 11.9 Å². The average molecular weight is 793 g/mol. The minimum absolute atomic E-state index is 0.00260. The number of fused-ring (bicyclic) bond motifs is 4. The smallest absolute Gasteiger partial charge is 0.327 e. The minimum Gasteiger partial charge on any atom is -0.460 e. The van der Waals surface area contributed by atoms with Crippen molar-refractivity contribution < 1.29 is 52.9 Å². The first-order valence-electron chi connectivity index (χ1n) is 20.6. The van der Waals surface area contributed by atoms with Gasteiger partial charge in [-0.1, -0.05) is 24.3 Å². The summed E-state index contributed by atoms with van der Waals surface area (Å²) < 4.78 is 25.5. The van der Waals surface area contributed by atoms with Crippen molar-refractivity contribution in [2.75, 3.05) is 27.2 Å². The van der Waals surface area contributed by atoms with Crippen molar-refractivity contribution >= 4 is 35.7 Å². The molecular weight excluding hydrogens is 736 g/mol. The normalized spacial score (nSPS) is 32.2. The van der Waals surface area contributed by atoms with Crippen LogP contribution in [0.2, 0.25) is 0 Å². The molecule has 3 aliphatic carbocycles. The Morgan fingerprint density at radius 2 is 1.72 bits per heavy atom. The summed E-state index contributed by atoms with van der Waals surface area (Å²) in [6.45, 7) is 5.38. The monoisotopic (exact) mass is 792 g/mol. The number of carbonyl (C=O) groups is 5. The predicted molar refractivity (Wildman–Crippen MR) is 202 cm³/mol. The van der Waals surface area contributed by atoms with E-state index < -0.39 is 83.8 Å². The Kier molecular flexibility index (Phi) is 10.5. The second-order valence-corrected chi connectivity index (χ2v) is 18.1. The molecule has 8 unspecified atom stereocenters. The van der Waals surface area contributed by atoms with E-state index in [0.717, 1.165) is 36.8 Å². The first-order chi connectivity index (χ1) is 27.1. The molecule has 3 saturated carbocycles. The Labute approximate surface area is 333 Å². The number of benzene rings is 1. The van der Waals surface area contributed by atoms with Crippen molar-refractivity contribution in [3.8, 4) is 0 Å². The molecule has 57 heavy (non-hydrogen) atoms. The second kappa shape index (κ2) is 15.0. The molecule has 4 saturated heterocycles. The maximum absolute atomic E-state index is 15.4. The van der Waals surface area contributed by atoms with Gasteiger partial charge in [-0.15, -0.1) is 0 Å². The van der Waals surface area contributed by atoms with Crippen LogP contribution in [0.1, 0.15) is 89.7 Å². The summed E-state index contributed by atoms with van der Waals surface area (Å²) in [5, 5.41) is 14.6. The summed E-state index contributed by atoms with van der Waals surface area (Å²) in [7, 11) is 3.37. The number of amides is 3. The SMILES string of the molecule is CN(C)C(=O)C=Cc1ccc(CN2OC3C4OC(C5CC5)(C5CC5)OC4C4CC3(C(=O)N3CCCC3C(=O)NC(CO)CCC(=O)OC(C)(C)C)C2C(=O)O4)cc1. The van der Waals surface area contributed by atoms with Crippen LogP contribution in [0.3, 0.4) is 0 Å². The molecule has 15 heteroatoms. The quantitative estimate of drug-likeness (QED) is 0.221. The third kappa shape index (κ3) is 7.50. The number of carbonyl (C=O) groups excluding carboxylic acids is 5. The molecule has 7 fully saturated rings. The van der Waals surface area contributed by atoms with E-state index >= 15 is 4.79 Å². The van der Waals surface area contributed by atoms with Crippen molar-refractivity contribution in [3.63, 3.8) is 0 Å². The number of likely N-dealkylation sites (tertiary alicyclic amines) is 1. The molecule has 0 spiro atoms. The number of aliphatic hydroxyl groups excluding tert-OH is 1. The number of nitrogens with one attached hydrogen (secondary N) is 1. The van der Waals surface area contributed by atoms with Crippen molar-refractivity contribution in [1.29, 1.82) is 0 Å². The van der Waals surface area contributed by atoms with Gasteiger partial charge in [-0.05, 0) is 82.9 Å². The fraction of sp³-hybridized carbons (Fsp3) is 0.690. The first-order valence-corrected chi connectivity index (χ1v) is 20.6. The minimum atomic E-state index is -1.43. The molecule has 15 nitrogen and oxygen atoms in total. The number of nitrogens with zero attached hydrogens (tertiary/aromatic N) is 3. The lowest BCUT2D eigenvalue weighted by molar-refractivity contribution is -0.235. The number of hydrogen-bond donors (Lipinski definition) is 2. The van der Waals surface area contributed by atoms with Crippen LogP contribution in [0.15, 0.2) is 30.3 Å². The predicted octanol–water partition coefficient (Wildman–Crippen LogP) is 2.48. The molecule has 7 aliphatic rings. The molecule has 2 N–H and O–H groups in total. The van der Waals surface area contributed by atoms with Crippen molar-refractivity contribution in [1.82, 2.24) is 20.2 Å². The molecule has 4 aliphatic heterocycles.